The Bertz CT molecular complexity index is 1470. The summed E-state index contributed by atoms with van der Waals surface area (Å²) in [5.41, 5.74) is 2.87. The van der Waals surface area contributed by atoms with Gasteiger partial charge in [-0.2, -0.15) is 0 Å². The Labute approximate surface area is 236 Å². The highest BCUT2D eigenvalue weighted by atomic mass is 32.2. The van der Waals surface area contributed by atoms with Crippen molar-refractivity contribution in [1.29, 1.82) is 0 Å². The standard InChI is InChI=1S/C31H35N3O5S/c1-3-4-18-32-30(36)27(21-24-12-6-5-7-13-24)33(22-25-14-10-11-23(2)20-25)29(35)17-19-34-31(37)26-15-8-9-16-28(26)40(34,38)39/h5-16,20,27H,3-4,17-19,21-22H2,1-2H3,(H,32,36)/t27-/m1/s1. The maximum absolute atomic E-state index is 13.9. The Morgan fingerprint density at radius 1 is 0.950 bits per heavy atom. The monoisotopic (exact) mass is 561 g/mol. The van der Waals surface area contributed by atoms with Gasteiger partial charge in [-0.3, -0.25) is 14.4 Å². The third-order valence-electron chi connectivity index (χ3n) is 6.98. The zero-order chi connectivity index (χ0) is 28.7. The van der Waals surface area contributed by atoms with Gasteiger partial charge in [0.1, 0.15) is 10.9 Å². The van der Waals surface area contributed by atoms with Gasteiger partial charge in [0.05, 0.1) is 5.56 Å². The van der Waals surface area contributed by atoms with E-state index in [0.29, 0.717) is 13.0 Å². The number of benzene rings is 3. The second-order valence-corrected chi connectivity index (χ2v) is 11.8. The molecule has 0 fully saturated rings. The number of nitrogens with zero attached hydrogens (tertiary/aromatic N) is 2. The number of sulfonamides is 1. The number of unbranched alkanes of at least 4 members (excludes halogenated alkanes) is 1. The molecular formula is C31H35N3O5S. The summed E-state index contributed by atoms with van der Waals surface area (Å²) in [4.78, 5) is 41.8. The van der Waals surface area contributed by atoms with Gasteiger partial charge in [0.25, 0.3) is 15.9 Å². The largest absolute Gasteiger partial charge is 0.354 e. The molecule has 0 radical (unpaired) electrons. The predicted octanol–water partition coefficient (Wildman–Crippen LogP) is 4.09. The quantitative estimate of drug-likeness (QED) is 0.336. The van der Waals surface area contributed by atoms with Gasteiger partial charge in [-0.25, -0.2) is 12.7 Å². The van der Waals surface area contributed by atoms with Crippen molar-refractivity contribution in [2.24, 2.45) is 0 Å². The average molecular weight is 562 g/mol. The van der Waals surface area contributed by atoms with Crippen LogP contribution in [0.2, 0.25) is 0 Å². The Morgan fingerprint density at radius 2 is 1.65 bits per heavy atom. The lowest BCUT2D eigenvalue weighted by Gasteiger charge is -2.32. The summed E-state index contributed by atoms with van der Waals surface area (Å²) < 4.78 is 26.9. The average Bonchev–Trinajstić information content (AvgIpc) is 3.14. The highest BCUT2D eigenvalue weighted by Gasteiger charge is 2.41. The van der Waals surface area contributed by atoms with Crippen LogP contribution in [0.25, 0.3) is 0 Å². The molecule has 0 bridgehead atoms. The van der Waals surface area contributed by atoms with Crippen LogP contribution in [0.4, 0.5) is 0 Å². The molecule has 40 heavy (non-hydrogen) atoms. The Morgan fingerprint density at radius 3 is 2.35 bits per heavy atom. The number of amides is 3. The third-order valence-corrected chi connectivity index (χ3v) is 8.82. The van der Waals surface area contributed by atoms with Crippen LogP contribution in [0.1, 0.15) is 53.2 Å². The van der Waals surface area contributed by atoms with Gasteiger partial charge in [0.15, 0.2) is 0 Å². The highest BCUT2D eigenvalue weighted by Crippen LogP contribution is 2.30. The zero-order valence-corrected chi connectivity index (χ0v) is 23.7. The fourth-order valence-corrected chi connectivity index (χ4v) is 6.43. The lowest BCUT2D eigenvalue weighted by molar-refractivity contribution is -0.141. The molecule has 1 heterocycles. The number of hydrogen-bond donors (Lipinski definition) is 1. The lowest BCUT2D eigenvalue weighted by Crippen LogP contribution is -2.51. The maximum atomic E-state index is 13.9. The molecule has 3 aromatic rings. The van der Waals surface area contributed by atoms with Gasteiger partial charge >= 0.3 is 0 Å². The van der Waals surface area contributed by atoms with E-state index in [2.05, 4.69) is 5.32 Å². The van der Waals surface area contributed by atoms with Crippen molar-refractivity contribution in [2.45, 2.75) is 57.0 Å². The molecule has 0 aromatic heterocycles. The molecule has 8 nitrogen and oxygen atoms in total. The smallest absolute Gasteiger partial charge is 0.269 e. The number of carbonyl (C=O) groups excluding carboxylic acids is 3. The summed E-state index contributed by atoms with van der Waals surface area (Å²) in [7, 11) is -4.05. The van der Waals surface area contributed by atoms with Crippen molar-refractivity contribution in [3.8, 4) is 0 Å². The molecule has 1 aliphatic heterocycles. The van der Waals surface area contributed by atoms with E-state index in [4.69, 9.17) is 0 Å². The minimum atomic E-state index is -4.05. The van der Waals surface area contributed by atoms with Gasteiger partial charge < -0.3 is 10.2 Å². The van der Waals surface area contributed by atoms with Crippen LogP contribution in [0.5, 0.6) is 0 Å². The van der Waals surface area contributed by atoms with E-state index in [9.17, 15) is 22.8 Å². The van der Waals surface area contributed by atoms with Crippen LogP contribution in [0, 0.1) is 6.92 Å². The normalized spacial score (nSPS) is 14.4. The van der Waals surface area contributed by atoms with Gasteiger partial charge in [-0.15, -0.1) is 0 Å². The Balaban J connectivity index is 1.62. The van der Waals surface area contributed by atoms with Crippen molar-refractivity contribution in [3.05, 3.63) is 101 Å². The van der Waals surface area contributed by atoms with E-state index in [1.165, 1.54) is 17.0 Å². The molecule has 1 N–H and O–H groups in total. The van der Waals surface area contributed by atoms with Crippen molar-refractivity contribution >= 4 is 27.7 Å². The third kappa shape index (κ3) is 6.59. The molecule has 0 unspecified atom stereocenters. The summed E-state index contributed by atoms with van der Waals surface area (Å²) in [6.45, 7) is 4.34. The molecule has 1 aliphatic rings. The molecule has 210 valence electrons. The first-order chi connectivity index (χ1) is 19.2. The summed E-state index contributed by atoms with van der Waals surface area (Å²) in [5, 5.41) is 2.97. The van der Waals surface area contributed by atoms with Crippen LogP contribution >= 0.6 is 0 Å². The van der Waals surface area contributed by atoms with E-state index in [1.807, 2.05) is 68.4 Å². The maximum Gasteiger partial charge on any atom is 0.269 e. The van der Waals surface area contributed by atoms with Crippen LogP contribution < -0.4 is 5.32 Å². The first-order valence-electron chi connectivity index (χ1n) is 13.5. The molecule has 9 heteroatoms. The van der Waals surface area contributed by atoms with Crippen LogP contribution in [-0.2, 0) is 32.6 Å². The van der Waals surface area contributed by atoms with Crippen LogP contribution in [-0.4, -0.2) is 54.5 Å². The summed E-state index contributed by atoms with van der Waals surface area (Å²) in [6.07, 6.45) is 1.77. The number of fused-ring (bicyclic) bond motifs is 1. The molecule has 3 aromatic carbocycles. The zero-order valence-electron chi connectivity index (χ0n) is 22.9. The van der Waals surface area contributed by atoms with Crippen molar-refractivity contribution in [1.82, 2.24) is 14.5 Å². The number of aryl methyl sites for hydroxylation is 1. The topological polar surface area (TPSA) is 104 Å². The van der Waals surface area contributed by atoms with Gasteiger partial charge in [0, 0.05) is 32.5 Å². The van der Waals surface area contributed by atoms with Crippen molar-refractivity contribution < 1.29 is 22.8 Å². The molecular weight excluding hydrogens is 526 g/mol. The van der Waals surface area contributed by atoms with E-state index in [0.717, 1.165) is 33.8 Å². The Kier molecular flexibility index (Phi) is 9.37. The van der Waals surface area contributed by atoms with Crippen molar-refractivity contribution in [3.63, 3.8) is 0 Å². The minimum Gasteiger partial charge on any atom is -0.354 e. The van der Waals surface area contributed by atoms with Gasteiger partial charge in [0.2, 0.25) is 11.8 Å². The van der Waals surface area contributed by atoms with Gasteiger partial charge in [-0.05, 0) is 36.6 Å². The van der Waals surface area contributed by atoms with E-state index < -0.39 is 27.9 Å². The summed E-state index contributed by atoms with van der Waals surface area (Å²) in [5.74, 6) is -1.32. The number of carbonyl (C=O) groups is 3. The fourth-order valence-electron chi connectivity index (χ4n) is 4.86. The highest BCUT2D eigenvalue weighted by molar-refractivity contribution is 7.90. The number of hydrogen-bond acceptors (Lipinski definition) is 5. The fraction of sp³-hybridized carbons (Fsp3) is 0.323. The number of nitrogens with one attached hydrogen (secondary N) is 1. The van der Waals surface area contributed by atoms with E-state index in [-0.39, 0.29) is 35.9 Å². The van der Waals surface area contributed by atoms with E-state index >= 15 is 0 Å². The second-order valence-electron chi connectivity index (χ2n) is 9.99. The van der Waals surface area contributed by atoms with E-state index in [1.54, 1.807) is 12.1 Å². The molecule has 0 aliphatic carbocycles. The van der Waals surface area contributed by atoms with Gasteiger partial charge in [-0.1, -0.05) is 85.6 Å². The van der Waals surface area contributed by atoms with Crippen molar-refractivity contribution in [2.75, 3.05) is 13.1 Å². The SMILES string of the molecule is CCCCNC(=O)[C@@H](Cc1ccccc1)N(Cc1cccc(C)c1)C(=O)CCN1C(=O)c2ccccc2S1(=O)=O. The van der Waals surface area contributed by atoms with Crippen LogP contribution in [0.3, 0.4) is 0 Å². The molecule has 0 spiro atoms. The molecule has 0 saturated heterocycles. The number of rotatable bonds is 12. The first kappa shape index (κ1) is 29.0. The molecule has 3 amide bonds. The lowest BCUT2D eigenvalue weighted by atomic mass is 10.0. The summed E-state index contributed by atoms with van der Waals surface area (Å²) in [6, 6.07) is 22.4. The molecule has 0 saturated carbocycles. The first-order valence-corrected chi connectivity index (χ1v) is 15.0. The molecule has 4 rings (SSSR count). The summed E-state index contributed by atoms with van der Waals surface area (Å²) >= 11 is 0. The van der Waals surface area contributed by atoms with Crippen LogP contribution in [0.15, 0.2) is 83.8 Å². The predicted molar refractivity (Wildman–Crippen MR) is 153 cm³/mol. The minimum absolute atomic E-state index is 0.0543. The molecule has 1 atom stereocenters. The second kappa shape index (κ2) is 12.9. The Hall–Kier alpha value is -3.98.